The lowest BCUT2D eigenvalue weighted by atomic mass is 10.1. The minimum atomic E-state index is 0.0549. The predicted octanol–water partition coefficient (Wildman–Crippen LogP) is 1.29. The van der Waals surface area contributed by atoms with Gasteiger partial charge in [-0.1, -0.05) is 6.07 Å². The topological polar surface area (TPSA) is 55.5 Å². The minimum Gasteiger partial charge on any atom is -0.508 e. The zero-order valence-corrected chi connectivity index (χ0v) is 7.95. The average molecular weight is 181 g/mol. The second kappa shape index (κ2) is 4.14. The standard InChI is InChI=1S/C10H15NO2/c1-7(11)5-8-3-4-9(13-2)6-10(8)12/h3-4,6-7,12H,5,11H2,1-2H3/t7-/m0/s1. The van der Waals surface area contributed by atoms with Gasteiger partial charge in [-0.05, 0) is 25.0 Å². The summed E-state index contributed by atoms with van der Waals surface area (Å²) in [6.45, 7) is 1.91. The lowest BCUT2D eigenvalue weighted by molar-refractivity contribution is 0.406. The summed E-state index contributed by atoms with van der Waals surface area (Å²) in [6.07, 6.45) is 0.676. The summed E-state index contributed by atoms with van der Waals surface area (Å²) >= 11 is 0. The van der Waals surface area contributed by atoms with Crippen molar-refractivity contribution in [1.82, 2.24) is 0 Å². The molecule has 0 bridgehead atoms. The third-order valence-electron chi connectivity index (χ3n) is 1.83. The van der Waals surface area contributed by atoms with E-state index in [2.05, 4.69) is 0 Å². The Bertz CT molecular complexity index is 284. The maximum absolute atomic E-state index is 9.54. The molecule has 1 atom stereocenters. The zero-order valence-electron chi connectivity index (χ0n) is 7.95. The lowest BCUT2D eigenvalue weighted by Crippen LogP contribution is -2.17. The lowest BCUT2D eigenvalue weighted by Gasteiger charge is -2.08. The summed E-state index contributed by atoms with van der Waals surface area (Å²) < 4.78 is 4.96. The number of methoxy groups -OCH3 is 1. The summed E-state index contributed by atoms with van der Waals surface area (Å²) in [7, 11) is 1.57. The highest BCUT2D eigenvalue weighted by Crippen LogP contribution is 2.23. The molecule has 3 heteroatoms. The van der Waals surface area contributed by atoms with Crippen LogP contribution < -0.4 is 10.5 Å². The van der Waals surface area contributed by atoms with Crippen LogP contribution in [-0.4, -0.2) is 18.3 Å². The van der Waals surface area contributed by atoms with Gasteiger partial charge in [-0.3, -0.25) is 0 Å². The van der Waals surface area contributed by atoms with Crippen LogP contribution in [0.25, 0.3) is 0 Å². The fourth-order valence-corrected chi connectivity index (χ4v) is 1.19. The fraction of sp³-hybridized carbons (Fsp3) is 0.400. The van der Waals surface area contributed by atoms with Gasteiger partial charge in [-0.15, -0.1) is 0 Å². The molecule has 0 unspecified atom stereocenters. The number of aromatic hydroxyl groups is 1. The molecule has 1 aromatic carbocycles. The van der Waals surface area contributed by atoms with Gasteiger partial charge < -0.3 is 15.6 Å². The van der Waals surface area contributed by atoms with Crippen LogP contribution in [0.15, 0.2) is 18.2 Å². The smallest absolute Gasteiger partial charge is 0.122 e. The van der Waals surface area contributed by atoms with Crippen LogP contribution in [0.5, 0.6) is 11.5 Å². The molecule has 0 spiro atoms. The molecule has 72 valence electrons. The van der Waals surface area contributed by atoms with E-state index < -0.39 is 0 Å². The summed E-state index contributed by atoms with van der Waals surface area (Å²) in [5.74, 6) is 0.905. The van der Waals surface area contributed by atoms with E-state index in [1.54, 1.807) is 13.2 Å². The van der Waals surface area contributed by atoms with E-state index in [0.717, 1.165) is 5.56 Å². The second-order valence-electron chi connectivity index (χ2n) is 3.18. The highest BCUT2D eigenvalue weighted by Gasteiger charge is 2.04. The Balaban J connectivity index is 2.85. The van der Waals surface area contributed by atoms with Crippen LogP contribution in [0.4, 0.5) is 0 Å². The van der Waals surface area contributed by atoms with Crippen LogP contribution >= 0.6 is 0 Å². The molecule has 13 heavy (non-hydrogen) atoms. The molecule has 0 amide bonds. The van der Waals surface area contributed by atoms with Crippen molar-refractivity contribution in [1.29, 1.82) is 0 Å². The fourth-order valence-electron chi connectivity index (χ4n) is 1.19. The molecule has 0 aliphatic rings. The summed E-state index contributed by atoms with van der Waals surface area (Å²) in [5, 5.41) is 9.54. The largest absolute Gasteiger partial charge is 0.508 e. The van der Waals surface area contributed by atoms with Crippen molar-refractivity contribution in [2.75, 3.05) is 7.11 Å². The van der Waals surface area contributed by atoms with Gasteiger partial charge in [0.2, 0.25) is 0 Å². The Morgan fingerprint density at radius 2 is 2.23 bits per heavy atom. The van der Waals surface area contributed by atoms with Crippen molar-refractivity contribution >= 4 is 0 Å². The van der Waals surface area contributed by atoms with Gasteiger partial charge in [0.1, 0.15) is 11.5 Å². The molecule has 3 N–H and O–H groups in total. The third kappa shape index (κ3) is 2.63. The monoisotopic (exact) mass is 181 g/mol. The number of rotatable bonds is 3. The first kappa shape index (κ1) is 9.86. The Morgan fingerprint density at radius 3 is 2.69 bits per heavy atom. The molecular formula is C10H15NO2. The predicted molar refractivity (Wildman–Crippen MR) is 52.0 cm³/mol. The number of hydrogen-bond acceptors (Lipinski definition) is 3. The molecule has 0 radical (unpaired) electrons. The normalized spacial score (nSPS) is 12.5. The Morgan fingerprint density at radius 1 is 1.54 bits per heavy atom. The number of hydrogen-bond donors (Lipinski definition) is 2. The SMILES string of the molecule is COc1ccc(C[C@H](C)N)c(O)c1. The second-order valence-corrected chi connectivity index (χ2v) is 3.18. The quantitative estimate of drug-likeness (QED) is 0.738. The molecule has 0 saturated carbocycles. The van der Waals surface area contributed by atoms with Gasteiger partial charge >= 0.3 is 0 Å². The van der Waals surface area contributed by atoms with Gasteiger partial charge in [-0.2, -0.15) is 0 Å². The van der Waals surface area contributed by atoms with Crippen molar-refractivity contribution in [3.8, 4) is 11.5 Å². The molecule has 0 aliphatic heterocycles. The number of phenols is 1. The molecule has 0 saturated heterocycles. The molecule has 0 heterocycles. The Labute approximate surface area is 78.1 Å². The van der Waals surface area contributed by atoms with Gasteiger partial charge in [0.05, 0.1) is 7.11 Å². The third-order valence-corrected chi connectivity index (χ3v) is 1.83. The summed E-state index contributed by atoms with van der Waals surface area (Å²) in [6, 6.07) is 5.30. The molecule has 0 aromatic heterocycles. The molecule has 0 aliphatic carbocycles. The zero-order chi connectivity index (χ0) is 9.84. The van der Waals surface area contributed by atoms with Crippen molar-refractivity contribution < 1.29 is 9.84 Å². The van der Waals surface area contributed by atoms with E-state index in [0.29, 0.717) is 12.2 Å². The van der Waals surface area contributed by atoms with Crippen LogP contribution in [0.1, 0.15) is 12.5 Å². The van der Waals surface area contributed by atoms with Crippen LogP contribution in [0.2, 0.25) is 0 Å². The highest BCUT2D eigenvalue weighted by molar-refractivity contribution is 5.39. The van der Waals surface area contributed by atoms with Crippen molar-refractivity contribution in [3.05, 3.63) is 23.8 Å². The molecule has 3 nitrogen and oxygen atoms in total. The molecular weight excluding hydrogens is 166 g/mol. The van der Waals surface area contributed by atoms with Crippen molar-refractivity contribution in [2.24, 2.45) is 5.73 Å². The Hall–Kier alpha value is -1.22. The first-order chi connectivity index (χ1) is 6.13. The van der Waals surface area contributed by atoms with Crippen molar-refractivity contribution in [3.63, 3.8) is 0 Å². The first-order valence-corrected chi connectivity index (χ1v) is 4.25. The number of phenolic OH excluding ortho intramolecular Hbond substituents is 1. The highest BCUT2D eigenvalue weighted by atomic mass is 16.5. The summed E-state index contributed by atoms with van der Waals surface area (Å²) in [4.78, 5) is 0. The van der Waals surface area contributed by atoms with E-state index >= 15 is 0 Å². The number of benzene rings is 1. The first-order valence-electron chi connectivity index (χ1n) is 4.25. The maximum atomic E-state index is 9.54. The minimum absolute atomic E-state index is 0.0549. The van der Waals surface area contributed by atoms with E-state index in [1.807, 2.05) is 19.1 Å². The molecule has 0 fully saturated rings. The van der Waals surface area contributed by atoms with E-state index in [-0.39, 0.29) is 11.8 Å². The van der Waals surface area contributed by atoms with Gasteiger partial charge in [-0.25, -0.2) is 0 Å². The van der Waals surface area contributed by atoms with Crippen molar-refractivity contribution in [2.45, 2.75) is 19.4 Å². The van der Waals surface area contributed by atoms with E-state index in [9.17, 15) is 5.11 Å². The average Bonchev–Trinajstić information content (AvgIpc) is 2.08. The van der Waals surface area contributed by atoms with E-state index in [1.165, 1.54) is 0 Å². The summed E-state index contributed by atoms with van der Waals surface area (Å²) in [5.41, 5.74) is 6.48. The van der Waals surface area contributed by atoms with Gasteiger partial charge in [0.15, 0.2) is 0 Å². The number of nitrogens with two attached hydrogens (primary N) is 1. The molecule has 1 rings (SSSR count). The van der Waals surface area contributed by atoms with Crippen LogP contribution in [0.3, 0.4) is 0 Å². The van der Waals surface area contributed by atoms with Crippen LogP contribution in [-0.2, 0) is 6.42 Å². The van der Waals surface area contributed by atoms with Crippen LogP contribution in [0, 0.1) is 0 Å². The van der Waals surface area contributed by atoms with E-state index in [4.69, 9.17) is 10.5 Å². The Kier molecular flexibility index (Phi) is 3.14. The maximum Gasteiger partial charge on any atom is 0.122 e. The van der Waals surface area contributed by atoms with Gasteiger partial charge in [0, 0.05) is 12.1 Å². The number of ether oxygens (including phenoxy) is 1. The molecule has 1 aromatic rings. The van der Waals surface area contributed by atoms with Gasteiger partial charge in [0.25, 0.3) is 0 Å².